The molecule has 0 amide bonds. The molecule has 2 atom stereocenters. The number of carbonyl (C=O) groups is 4. The van der Waals surface area contributed by atoms with Crippen molar-refractivity contribution in [2.75, 3.05) is 67.1 Å². The van der Waals surface area contributed by atoms with Gasteiger partial charge in [-0.05, 0) is 75.9 Å². The molecule has 8 rings (SSSR count). The molecular weight excluding hydrogens is 1030 g/mol. The Balaban J connectivity index is 0.740. The monoisotopic (exact) mass is 1090 g/mol. The largest absolute Gasteiger partial charge is 0.469 e. The van der Waals surface area contributed by atoms with E-state index in [0.717, 1.165) is 43.4 Å². The molecule has 6 aromatic rings. The second-order valence-corrected chi connectivity index (χ2v) is 20.3. The zero-order valence-electron chi connectivity index (χ0n) is 41.9. The lowest BCUT2D eigenvalue weighted by atomic mass is 9.98. The van der Waals surface area contributed by atoms with E-state index in [0.29, 0.717) is 120 Å². The van der Waals surface area contributed by atoms with Crippen LogP contribution in [0.5, 0.6) is 0 Å². The summed E-state index contributed by atoms with van der Waals surface area (Å²) in [7, 11) is 2.68. The van der Waals surface area contributed by atoms with Crippen molar-refractivity contribution in [2.45, 2.75) is 78.3 Å². The number of carbonyl (C=O) groups excluding carboxylic acids is 4. The van der Waals surface area contributed by atoms with Crippen LogP contribution in [0.3, 0.4) is 0 Å². The molecule has 0 saturated heterocycles. The van der Waals surface area contributed by atoms with E-state index in [1.54, 1.807) is 24.3 Å². The topological polar surface area (TPSA) is 210 Å². The zero-order valence-corrected chi connectivity index (χ0v) is 45.1. The fourth-order valence-corrected chi connectivity index (χ4v) is 11.6. The Kier molecular flexibility index (Phi) is 18.5. The van der Waals surface area contributed by atoms with Gasteiger partial charge in [-0.1, -0.05) is 47.5 Å². The number of aryl methyl sites for hydroxylation is 2. The van der Waals surface area contributed by atoms with E-state index in [2.05, 4.69) is 20.4 Å². The van der Waals surface area contributed by atoms with Crippen molar-refractivity contribution in [3.05, 3.63) is 125 Å². The molecule has 0 bridgehead atoms. The number of thiophene rings is 2. The maximum Gasteiger partial charge on any atom is 0.308 e. The minimum Gasteiger partial charge on any atom is -0.469 e. The van der Waals surface area contributed by atoms with Crippen LogP contribution in [-0.2, 0) is 38.0 Å². The van der Waals surface area contributed by atoms with Gasteiger partial charge in [0.05, 0.1) is 87.9 Å². The third kappa shape index (κ3) is 12.3. The summed E-state index contributed by atoms with van der Waals surface area (Å²) in [5.41, 5.74) is 5.98. The Labute approximate surface area is 446 Å². The Morgan fingerprint density at radius 3 is 1.23 bits per heavy atom. The molecule has 0 N–H and O–H groups in total. The fraction of sp³-hybridized carbons (Fsp3) is 0.423. The van der Waals surface area contributed by atoms with E-state index in [4.69, 9.17) is 61.6 Å². The number of aliphatic imine (C=N–C) groups is 2. The predicted molar refractivity (Wildman–Crippen MR) is 281 cm³/mol. The first-order chi connectivity index (χ1) is 35.8. The highest BCUT2D eigenvalue weighted by Crippen LogP contribution is 2.42. The number of ether oxygens (including phenoxy) is 6. The van der Waals surface area contributed by atoms with Crippen molar-refractivity contribution in [1.82, 2.24) is 29.5 Å². The van der Waals surface area contributed by atoms with Gasteiger partial charge in [-0.3, -0.25) is 38.3 Å². The van der Waals surface area contributed by atoms with Crippen LogP contribution in [0.4, 0.5) is 0 Å². The van der Waals surface area contributed by atoms with Gasteiger partial charge < -0.3 is 28.4 Å². The molecule has 0 spiro atoms. The minimum atomic E-state index is -0.659. The van der Waals surface area contributed by atoms with E-state index < -0.39 is 24.0 Å². The second kappa shape index (κ2) is 25.1. The van der Waals surface area contributed by atoms with Crippen LogP contribution in [0.25, 0.3) is 10.0 Å². The molecule has 0 fully saturated rings. The van der Waals surface area contributed by atoms with Crippen LogP contribution in [-0.4, -0.2) is 132 Å². The third-order valence-corrected chi connectivity index (χ3v) is 15.6. The van der Waals surface area contributed by atoms with E-state index >= 15 is 0 Å². The van der Waals surface area contributed by atoms with Crippen molar-refractivity contribution in [3.63, 3.8) is 0 Å². The van der Waals surface area contributed by atoms with Crippen molar-refractivity contribution >= 4 is 80.8 Å². The SMILES string of the molecule is COC(=O)C[C@@H]1N=C(c2ccc(Cl)cc2)c2c(sc(C(=O)CCCOCCOCCOCCOCCCC(=O)c3sc4c(c3C)C(c3ccc(Cl)cc3)=N[C@@H](CC(=O)OC)c3nnc(C)n3-4)c2C)-n2c(C)nnc21. The van der Waals surface area contributed by atoms with Gasteiger partial charge in [-0.2, -0.15) is 0 Å². The molecule has 0 radical (unpaired) electrons. The Morgan fingerprint density at radius 1 is 0.527 bits per heavy atom. The van der Waals surface area contributed by atoms with Crippen LogP contribution in [0.1, 0.15) is 127 Å². The average molecular weight is 1090 g/mol. The highest BCUT2D eigenvalue weighted by Gasteiger charge is 2.36. The smallest absolute Gasteiger partial charge is 0.308 e. The van der Waals surface area contributed by atoms with Gasteiger partial charge in [-0.15, -0.1) is 43.1 Å². The number of fused-ring (bicyclic) bond motifs is 6. The molecule has 2 aromatic carbocycles. The molecule has 2 aliphatic rings. The van der Waals surface area contributed by atoms with Gasteiger partial charge in [0, 0.05) is 58.4 Å². The highest BCUT2D eigenvalue weighted by molar-refractivity contribution is 7.17. The lowest BCUT2D eigenvalue weighted by Crippen LogP contribution is -2.13. The van der Waals surface area contributed by atoms with E-state index in [1.165, 1.54) is 36.9 Å². The summed E-state index contributed by atoms with van der Waals surface area (Å²) in [6.45, 7) is 10.5. The molecule has 0 aliphatic carbocycles. The summed E-state index contributed by atoms with van der Waals surface area (Å²) in [5.74, 6) is 1.34. The van der Waals surface area contributed by atoms with Crippen molar-refractivity contribution in [1.29, 1.82) is 0 Å². The number of esters is 2. The summed E-state index contributed by atoms with van der Waals surface area (Å²) < 4.78 is 36.7. The summed E-state index contributed by atoms with van der Waals surface area (Å²) >= 11 is 15.2. The first kappa shape index (κ1) is 54.4. The van der Waals surface area contributed by atoms with Crippen LogP contribution in [0, 0.1) is 27.7 Å². The molecule has 18 nitrogen and oxygen atoms in total. The third-order valence-electron chi connectivity index (χ3n) is 12.4. The average Bonchev–Trinajstić information content (AvgIpc) is 4.13. The van der Waals surface area contributed by atoms with Gasteiger partial charge >= 0.3 is 11.9 Å². The molecular formula is C52H56Cl2N8O10S2. The minimum absolute atomic E-state index is 0.0105. The lowest BCUT2D eigenvalue weighted by Gasteiger charge is -2.12. The first-order valence-corrected chi connectivity index (χ1v) is 26.5. The van der Waals surface area contributed by atoms with E-state index in [-0.39, 0.29) is 37.2 Å². The number of ketones is 2. The van der Waals surface area contributed by atoms with Gasteiger partial charge in [0.2, 0.25) is 0 Å². The Bertz CT molecular complexity index is 2870. The number of halogens is 2. The molecule has 0 unspecified atom stereocenters. The number of Topliss-reactive ketones (excluding diaryl/α,β-unsaturated/α-hetero) is 2. The Hall–Kier alpha value is -5.84. The normalized spacial score (nSPS) is 14.8. The lowest BCUT2D eigenvalue weighted by molar-refractivity contribution is -0.142. The molecule has 0 saturated carbocycles. The standard InChI is InChI=1S/C52H56Cl2N8O10S2/c1-29-43-45(33-11-15-35(53)16-12-33)55-37(27-41(65)67-5)49-59-57-31(3)61(49)51(43)73-47(29)39(63)9-7-19-69-21-23-71-25-26-72-24-22-70-20-8-10-40(64)48-30(2)44-46(34-13-17-36(54)18-14-34)56-38(28-42(66)68-6)50-60-58-32(4)62(50)52(44)74-48/h11-18,37-38H,7-10,19-28H2,1-6H3/t37-,38-/m0/s1. The number of hydrogen-bond donors (Lipinski definition) is 0. The number of hydrogen-bond acceptors (Lipinski definition) is 18. The number of benzene rings is 2. The van der Waals surface area contributed by atoms with Crippen LogP contribution < -0.4 is 0 Å². The fourth-order valence-electron chi connectivity index (χ4n) is 8.72. The molecule has 22 heteroatoms. The zero-order chi connectivity index (χ0) is 52.5. The molecule has 390 valence electrons. The van der Waals surface area contributed by atoms with Crippen LogP contribution in [0.15, 0.2) is 58.5 Å². The number of rotatable bonds is 25. The van der Waals surface area contributed by atoms with Crippen molar-refractivity contribution in [2.24, 2.45) is 9.98 Å². The maximum absolute atomic E-state index is 13.7. The number of aromatic nitrogens is 6. The second-order valence-electron chi connectivity index (χ2n) is 17.4. The molecule has 2 aliphatic heterocycles. The summed E-state index contributed by atoms with van der Waals surface area (Å²) in [4.78, 5) is 63.8. The van der Waals surface area contributed by atoms with Crippen molar-refractivity contribution in [3.8, 4) is 10.0 Å². The van der Waals surface area contributed by atoms with E-state index in [1.807, 2.05) is 61.1 Å². The van der Waals surface area contributed by atoms with E-state index in [9.17, 15) is 19.2 Å². The van der Waals surface area contributed by atoms with Crippen molar-refractivity contribution < 1.29 is 47.6 Å². The quantitative estimate of drug-likeness (QED) is 0.0298. The predicted octanol–water partition coefficient (Wildman–Crippen LogP) is 9.11. The number of nitrogens with zero attached hydrogens (tertiary/aromatic N) is 8. The molecule has 6 heterocycles. The summed E-state index contributed by atoms with van der Waals surface area (Å²) in [6.07, 6.45) is 1.56. The number of methoxy groups -OCH3 is 2. The molecule has 74 heavy (non-hydrogen) atoms. The maximum atomic E-state index is 13.7. The van der Waals surface area contributed by atoms with Crippen LogP contribution >= 0.6 is 45.9 Å². The molecule has 4 aromatic heterocycles. The Morgan fingerprint density at radius 2 is 0.878 bits per heavy atom. The first-order valence-electron chi connectivity index (χ1n) is 24.1. The van der Waals surface area contributed by atoms with Gasteiger partial charge in [0.15, 0.2) is 23.2 Å². The summed E-state index contributed by atoms with van der Waals surface area (Å²) in [5, 5.41) is 20.1. The van der Waals surface area contributed by atoms with Gasteiger partial charge in [0.25, 0.3) is 0 Å². The van der Waals surface area contributed by atoms with Gasteiger partial charge in [-0.25, -0.2) is 0 Å². The van der Waals surface area contributed by atoms with Crippen LogP contribution in [0.2, 0.25) is 10.0 Å². The van der Waals surface area contributed by atoms with Gasteiger partial charge in [0.1, 0.15) is 33.7 Å². The summed E-state index contributed by atoms with van der Waals surface area (Å²) in [6, 6.07) is 13.3. The highest BCUT2D eigenvalue weighted by atomic mass is 35.5.